The van der Waals surface area contributed by atoms with Gasteiger partial charge in [0.25, 0.3) is 5.91 Å². The smallest absolute Gasteiger partial charge is 0.266 e. The monoisotopic (exact) mass is 453 g/mol. The highest BCUT2D eigenvalue weighted by molar-refractivity contribution is 9.11. The summed E-state index contributed by atoms with van der Waals surface area (Å²) in [6.07, 6.45) is 0. The van der Waals surface area contributed by atoms with Crippen molar-refractivity contribution in [1.82, 2.24) is 9.97 Å². The van der Waals surface area contributed by atoms with Gasteiger partial charge in [-0.15, -0.1) is 11.3 Å². The van der Waals surface area contributed by atoms with Crippen molar-refractivity contribution in [1.29, 1.82) is 0 Å². The van der Waals surface area contributed by atoms with E-state index in [2.05, 4.69) is 47.1 Å². The summed E-state index contributed by atoms with van der Waals surface area (Å²) in [6, 6.07) is 5.66. The van der Waals surface area contributed by atoms with E-state index in [9.17, 15) is 4.79 Å². The Morgan fingerprint density at radius 2 is 1.91 bits per heavy atom. The van der Waals surface area contributed by atoms with Gasteiger partial charge in [-0.05, 0) is 60.5 Å². The van der Waals surface area contributed by atoms with E-state index in [0.717, 1.165) is 41.9 Å². The largest absolute Gasteiger partial charge is 0.320 e. The van der Waals surface area contributed by atoms with Crippen LogP contribution in [-0.4, -0.2) is 15.9 Å². The molecule has 0 fully saturated rings. The van der Waals surface area contributed by atoms with Crippen molar-refractivity contribution in [3.8, 4) is 0 Å². The number of anilines is 1. The Kier molecular flexibility index (Phi) is 4.53. The number of rotatable bonds is 2. The lowest BCUT2D eigenvalue weighted by Gasteiger charge is -2.07. The molecule has 3 rings (SSSR count). The molecular formula is C16H13Br2N3OS. The molecule has 1 N–H and O–H groups in total. The number of amides is 1. The maximum absolute atomic E-state index is 12.7. The first-order chi connectivity index (χ1) is 10.9. The lowest BCUT2D eigenvalue weighted by molar-refractivity contribution is 0.103. The molecule has 4 nitrogen and oxygen atoms in total. The molecule has 0 unspecified atom stereocenters. The highest BCUT2D eigenvalue weighted by Crippen LogP contribution is 2.33. The molecule has 0 radical (unpaired) electrons. The standard InChI is InChI=1S/C16H13Br2N3OS/c1-7-13-8(2)19-9(3)20-16(13)23-14(7)15(22)21-12-6-10(17)4-5-11(12)18/h4-6H,1-3H3,(H,21,22). The van der Waals surface area contributed by atoms with Crippen LogP contribution >= 0.6 is 43.2 Å². The number of nitrogens with one attached hydrogen (secondary N) is 1. The van der Waals surface area contributed by atoms with Crippen molar-refractivity contribution in [2.45, 2.75) is 20.8 Å². The number of halogens is 2. The minimum atomic E-state index is -0.138. The average molecular weight is 455 g/mol. The molecule has 0 saturated carbocycles. The van der Waals surface area contributed by atoms with Gasteiger partial charge in [-0.25, -0.2) is 9.97 Å². The minimum Gasteiger partial charge on any atom is -0.320 e. The summed E-state index contributed by atoms with van der Waals surface area (Å²) in [6.45, 7) is 5.75. The van der Waals surface area contributed by atoms with Crippen molar-refractivity contribution in [2.75, 3.05) is 5.32 Å². The molecule has 0 bridgehead atoms. The van der Waals surface area contributed by atoms with Crippen LogP contribution in [0.25, 0.3) is 10.2 Å². The Labute approximate surface area is 154 Å². The normalized spacial score (nSPS) is 11.0. The first-order valence-corrected chi connectivity index (χ1v) is 9.28. The van der Waals surface area contributed by atoms with E-state index in [0.29, 0.717) is 4.88 Å². The Bertz CT molecular complexity index is 937. The lowest BCUT2D eigenvalue weighted by atomic mass is 10.1. The zero-order chi connectivity index (χ0) is 16.7. The van der Waals surface area contributed by atoms with Crippen molar-refractivity contribution in [3.63, 3.8) is 0 Å². The fourth-order valence-electron chi connectivity index (χ4n) is 2.46. The molecule has 0 saturated heterocycles. The van der Waals surface area contributed by atoms with E-state index in [1.54, 1.807) is 0 Å². The zero-order valence-electron chi connectivity index (χ0n) is 12.7. The third-order valence-corrected chi connectivity index (χ3v) is 5.83. The summed E-state index contributed by atoms with van der Waals surface area (Å²) in [5, 5.41) is 3.92. The van der Waals surface area contributed by atoms with E-state index in [4.69, 9.17) is 0 Å². The van der Waals surface area contributed by atoms with Gasteiger partial charge < -0.3 is 5.32 Å². The van der Waals surface area contributed by atoms with Crippen LogP contribution in [0.5, 0.6) is 0 Å². The Hall–Kier alpha value is -1.31. The summed E-state index contributed by atoms with van der Waals surface area (Å²) in [7, 11) is 0. The number of carbonyl (C=O) groups is 1. The molecule has 1 amide bonds. The number of hydrogen-bond donors (Lipinski definition) is 1. The molecular weight excluding hydrogens is 442 g/mol. The van der Waals surface area contributed by atoms with Crippen LogP contribution in [0.4, 0.5) is 5.69 Å². The second-order valence-corrected chi connectivity index (χ2v) is 7.94. The van der Waals surface area contributed by atoms with Gasteiger partial charge in [-0.1, -0.05) is 15.9 Å². The first-order valence-electron chi connectivity index (χ1n) is 6.87. The van der Waals surface area contributed by atoms with E-state index >= 15 is 0 Å². The van der Waals surface area contributed by atoms with Crippen LogP contribution in [0.3, 0.4) is 0 Å². The number of benzene rings is 1. The van der Waals surface area contributed by atoms with Crippen LogP contribution in [0.1, 0.15) is 26.8 Å². The van der Waals surface area contributed by atoms with Crippen molar-refractivity contribution in [3.05, 3.63) is 49.1 Å². The van der Waals surface area contributed by atoms with Gasteiger partial charge in [0, 0.05) is 20.0 Å². The third-order valence-electron chi connectivity index (χ3n) is 3.47. The molecule has 0 aliphatic carbocycles. The van der Waals surface area contributed by atoms with Crippen LogP contribution in [0, 0.1) is 20.8 Å². The number of aryl methyl sites for hydroxylation is 3. The van der Waals surface area contributed by atoms with Crippen molar-refractivity contribution >= 4 is 65.0 Å². The van der Waals surface area contributed by atoms with Gasteiger partial charge in [0.05, 0.1) is 10.6 Å². The molecule has 0 aliphatic rings. The molecule has 0 spiro atoms. The third kappa shape index (κ3) is 3.18. The summed E-state index contributed by atoms with van der Waals surface area (Å²) in [5.41, 5.74) is 2.55. The molecule has 2 aromatic heterocycles. The van der Waals surface area contributed by atoms with Gasteiger partial charge in [0.1, 0.15) is 10.7 Å². The maximum Gasteiger partial charge on any atom is 0.266 e. The first kappa shape index (κ1) is 16.5. The molecule has 7 heteroatoms. The molecule has 0 aliphatic heterocycles. The zero-order valence-corrected chi connectivity index (χ0v) is 16.7. The lowest BCUT2D eigenvalue weighted by Crippen LogP contribution is -2.11. The number of thiophene rings is 1. The SMILES string of the molecule is Cc1nc(C)c2c(C)c(C(=O)Nc3cc(Br)ccc3Br)sc2n1. The van der Waals surface area contributed by atoms with E-state index in [1.165, 1.54) is 11.3 Å². The van der Waals surface area contributed by atoms with Crippen molar-refractivity contribution < 1.29 is 4.79 Å². The summed E-state index contributed by atoms with van der Waals surface area (Å²) >= 11 is 8.27. The molecule has 3 aromatic rings. The number of aromatic nitrogens is 2. The predicted molar refractivity (Wildman–Crippen MR) is 101 cm³/mol. The van der Waals surface area contributed by atoms with E-state index < -0.39 is 0 Å². The predicted octanol–water partition coefficient (Wildman–Crippen LogP) is 5.39. The van der Waals surface area contributed by atoms with Gasteiger partial charge >= 0.3 is 0 Å². The molecule has 118 valence electrons. The summed E-state index contributed by atoms with van der Waals surface area (Å²) in [4.78, 5) is 23.0. The Morgan fingerprint density at radius 1 is 1.17 bits per heavy atom. The molecule has 1 aromatic carbocycles. The summed E-state index contributed by atoms with van der Waals surface area (Å²) in [5.74, 6) is 0.583. The van der Waals surface area contributed by atoms with Crippen molar-refractivity contribution in [2.24, 2.45) is 0 Å². The fraction of sp³-hybridized carbons (Fsp3) is 0.188. The van der Waals surface area contributed by atoms with Crippen LogP contribution in [0.2, 0.25) is 0 Å². The van der Waals surface area contributed by atoms with Gasteiger partial charge in [0.15, 0.2) is 0 Å². The van der Waals surface area contributed by atoms with E-state index in [1.807, 2.05) is 39.0 Å². The van der Waals surface area contributed by atoms with Gasteiger partial charge in [-0.3, -0.25) is 4.79 Å². The molecule has 2 heterocycles. The second kappa shape index (κ2) is 6.30. The van der Waals surface area contributed by atoms with Gasteiger partial charge in [0.2, 0.25) is 0 Å². The Morgan fingerprint density at radius 3 is 2.65 bits per heavy atom. The van der Waals surface area contributed by atoms with E-state index in [-0.39, 0.29) is 5.91 Å². The van der Waals surface area contributed by atoms with Gasteiger partial charge in [-0.2, -0.15) is 0 Å². The number of hydrogen-bond acceptors (Lipinski definition) is 4. The van der Waals surface area contributed by atoms with Crippen LogP contribution < -0.4 is 5.32 Å². The Balaban J connectivity index is 2.03. The fourth-order valence-corrected chi connectivity index (χ4v) is 4.34. The average Bonchev–Trinajstić information content (AvgIpc) is 2.80. The maximum atomic E-state index is 12.7. The number of fused-ring (bicyclic) bond motifs is 1. The second-order valence-electron chi connectivity index (χ2n) is 5.17. The van der Waals surface area contributed by atoms with Crippen LogP contribution in [-0.2, 0) is 0 Å². The molecule has 0 atom stereocenters. The topological polar surface area (TPSA) is 54.9 Å². The molecule has 23 heavy (non-hydrogen) atoms. The highest BCUT2D eigenvalue weighted by atomic mass is 79.9. The highest BCUT2D eigenvalue weighted by Gasteiger charge is 2.19. The number of carbonyl (C=O) groups excluding carboxylic acids is 1. The quantitative estimate of drug-likeness (QED) is 0.564. The number of nitrogens with zero attached hydrogens (tertiary/aromatic N) is 2. The minimum absolute atomic E-state index is 0.138. The summed E-state index contributed by atoms with van der Waals surface area (Å²) < 4.78 is 1.74. The van der Waals surface area contributed by atoms with Crippen LogP contribution in [0.15, 0.2) is 27.1 Å².